The van der Waals surface area contributed by atoms with E-state index in [0.717, 1.165) is 48.4 Å². The molecule has 0 spiro atoms. The lowest BCUT2D eigenvalue weighted by Gasteiger charge is -2.34. The molecule has 4 heterocycles. The van der Waals surface area contributed by atoms with Gasteiger partial charge in [0.25, 0.3) is 0 Å². The highest BCUT2D eigenvalue weighted by atomic mass is 35.5. The second-order valence-corrected chi connectivity index (χ2v) is 21.8. The number of carbonyl (C=O) groups excluding carboxylic acids is 4. The molecule has 4 aromatic rings. The van der Waals surface area contributed by atoms with Gasteiger partial charge in [-0.25, -0.2) is 0 Å². The normalized spacial score (nSPS) is 18.2. The van der Waals surface area contributed by atoms with Gasteiger partial charge in [0.05, 0.1) is 31.9 Å². The number of anilines is 2. The van der Waals surface area contributed by atoms with Crippen LogP contribution >= 0.6 is 58.2 Å². The van der Waals surface area contributed by atoms with Crippen molar-refractivity contribution >= 4 is 117 Å². The van der Waals surface area contributed by atoms with Gasteiger partial charge in [0.15, 0.2) is 0 Å². The number of hydrogen-bond donors (Lipinski definition) is 4. The molecule has 8 rings (SSSR count). The number of carboxylic acids is 2. The molecular weight excluding hydrogens is 1060 g/mol. The molecule has 0 saturated carbocycles. The van der Waals surface area contributed by atoms with E-state index in [9.17, 15) is 39.0 Å². The molecule has 4 aromatic carbocycles. The van der Waals surface area contributed by atoms with Gasteiger partial charge in [-0.15, -0.1) is 0 Å². The van der Waals surface area contributed by atoms with E-state index in [2.05, 4.69) is 20.4 Å². The van der Waals surface area contributed by atoms with Gasteiger partial charge in [0.2, 0.25) is 23.6 Å². The number of rotatable bonds is 20. The van der Waals surface area contributed by atoms with E-state index in [4.69, 9.17) is 46.4 Å². The van der Waals surface area contributed by atoms with Crippen molar-refractivity contribution in [1.82, 2.24) is 20.4 Å². The van der Waals surface area contributed by atoms with Crippen molar-refractivity contribution in [3.05, 3.63) is 104 Å². The second kappa shape index (κ2) is 25.9. The maximum absolute atomic E-state index is 13.3. The highest BCUT2D eigenvalue weighted by Gasteiger charge is 2.31. The average Bonchev–Trinajstić information content (AvgIpc) is 4.04. The molecular formula is C56H60Cl4N6O8S. The fourth-order valence-electron chi connectivity index (χ4n) is 10.3. The highest BCUT2D eigenvalue weighted by molar-refractivity contribution is 7.99. The Labute approximate surface area is 461 Å². The van der Waals surface area contributed by atoms with E-state index < -0.39 is 23.8 Å². The van der Waals surface area contributed by atoms with Crippen LogP contribution in [0, 0.1) is 11.8 Å². The summed E-state index contributed by atoms with van der Waals surface area (Å²) >= 11 is 30.4. The van der Waals surface area contributed by atoms with E-state index in [1.165, 1.54) is 23.9 Å². The van der Waals surface area contributed by atoms with Crippen molar-refractivity contribution in [2.24, 2.45) is 11.8 Å². The van der Waals surface area contributed by atoms with Gasteiger partial charge in [-0.3, -0.25) is 28.8 Å². The van der Waals surface area contributed by atoms with Crippen molar-refractivity contribution < 1.29 is 39.0 Å². The quantitative estimate of drug-likeness (QED) is 0.0489. The molecule has 0 radical (unpaired) electrons. The number of nitrogens with one attached hydrogen (secondary N) is 2. The number of likely N-dealkylation sites (tertiary alicyclic amines) is 2. The predicted molar refractivity (Wildman–Crippen MR) is 298 cm³/mol. The van der Waals surface area contributed by atoms with Crippen molar-refractivity contribution in [2.45, 2.75) is 74.0 Å². The SMILES string of the molecule is O=C(C=Cc1c(-c2ccccc2N2CCCC(C(=O)O)C2)cc(Sc2cc(-c3ccccc3N3CCCC(C(=O)O)C3)c(C=CC(=O)NCCCN3CCCC3=O)c(Cl)c2Cl)c(Cl)c1Cl)NCCCN1CCCC1=O. The van der Waals surface area contributed by atoms with E-state index in [1.807, 2.05) is 60.7 Å². The Morgan fingerprint density at radius 3 is 1.37 bits per heavy atom. The van der Waals surface area contributed by atoms with E-state index >= 15 is 0 Å². The number of para-hydroxylation sites is 2. The number of benzene rings is 4. The smallest absolute Gasteiger partial charge is 0.308 e. The fraction of sp³-hybridized carbons (Fsp3) is 0.393. The summed E-state index contributed by atoms with van der Waals surface area (Å²) in [6, 6.07) is 19.0. The Morgan fingerprint density at radius 1 is 0.573 bits per heavy atom. The molecule has 2 unspecified atom stereocenters. The summed E-state index contributed by atoms with van der Waals surface area (Å²) in [4.78, 5) is 84.1. The third-order valence-corrected chi connectivity index (χ3v) is 17.3. The molecule has 4 amide bonds. The van der Waals surface area contributed by atoms with Crippen LogP contribution in [0.1, 0.15) is 75.3 Å². The monoisotopic (exact) mass is 1120 g/mol. The molecule has 4 aliphatic heterocycles. The molecule has 396 valence electrons. The fourth-order valence-corrected chi connectivity index (χ4v) is 12.5. The topological polar surface area (TPSA) is 180 Å². The Bertz CT molecular complexity index is 2710. The number of hydrogen-bond acceptors (Lipinski definition) is 9. The Kier molecular flexibility index (Phi) is 19.2. The van der Waals surface area contributed by atoms with Crippen LogP contribution in [-0.2, 0) is 28.8 Å². The summed E-state index contributed by atoms with van der Waals surface area (Å²) in [6.45, 7) is 5.09. The number of carboxylic acid groups (broad SMARTS) is 2. The van der Waals surface area contributed by atoms with E-state index in [1.54, 1.807) is 22.0 Å². The maximum Gasteiger partial charge on any atom is 0.308 e. The molecule has 75 heavy (non-hydrogen) atoms. The number of carbonyl (C=O) groups is 6. The number of aliphatic carboxylic acids is 2. The number of piperidine rings is 2. The third kappa shape index (κ3) is 13.6. The predicted octanol–water partition coefficient (Wildman–Crippen LogP) is 10.7. The van der Waals surface area contributed by atoms with Crippen molar-refractivity contribution in [2.75, 3.05) is 75.2 Å². The Balaban J connectivity index is 1.17. The molecule has 4 aliphatic rings. The minimum atomic E-state index is -0.863. The second-order valence-electron chi connectivity index (χ2n) is 19.2. The first-order valence-corrected chi connectivity index (χ1v) is 27.8. The molecule has 0 bridgehead atoms. The molecule has 14 nitrogen and oxygen atoms in total. The van der Waals surface area contributed by atoms with Crippen LogP contribution in [0.25, 0.3) is 34.4 Å². The summed E-state index contributed by atoms with van der Waals surface area (Å²) < 4.78 is 0. The van der Waals surface area contributed by atoms with Crippen LogP contribution < -0.4 is 20.4 Å². The van der Waals surface area contributed by atoms with E-state index in [-0.39, 0.29) is 43.7 Å². The summed E-state index contributed by atoms with van der Waals surface area (Å²) in [7, 11) is 0. The van der Waals surface area contributed by atoms with Gasteiger partial charge >= 0.3 is 11.9 Å². The largest absolute Gasteiger partial charge is 0.481 e. The summed E-state index contributed by atoms with van der Waals surface area (Å²) in [5.41, 5.74) is 5.12. The molecule has 4 saturated heterocycles. The summed E-state index contributed by atoms with van der Waals surface area (Å²) in [6.07, 6.45) is 12.4. The van der Waals surface area contributed by atoms with Gasteiger partial charge in [0.1, 0.15) is 0 Å². The maximum atomic E-state index is 13.3. The minimum Gasteiger partial charge on any atom is -0.481 e. The molecule has 0 aliphatic carbocycles. The van der Waals surface area contributed by atoms with Crippen molar-refractivity contribution in [1.29, 1.82) is 0 Å². The third-order valence-electron chi connectivity index (χ3n) is 14.2. The highest BCUT2D eigenvalue weighted by Crippen LogP contribution is 2.51. The van der Waals surface area contributed by atoms with E-state index in [0.29, 0.717) is 136 Å². The van der Waals surface area contributed by atoms with Crippen molar-refractivity contribution in [3.63, 3.8) is 0 Å². The van der Waals surface area contributed by atoms with Crippen LogP contribution in [0.3, 0.4) is 0 Å². The number of halogens is 4. The van der Waals surface area contributed by atoms with Crippen LogP contribution in [0.4, 0.5) is 11.4 Å². The zero-order chi connectivity index (χ0) is 53.2. The number of amides is 4. The van der Waals surface area contributed by atoms with Crippen LogP contribution in [0.15, 0.2) is 82.6 Å². The number of nitrogens with zero attached hydrogens (tertiary/aromatic N) is 4. The molecule has 4 N–H and O–H groups in total. The molecule has 19 heteroatoms. The van der Waals surface area contributed by atoms with Crippen LogP contribution in [-0.4, -0.2) is 121 Å². The molecule has 0 aromatic heterocycles. The average molecular weight is 1120 g/mol. The van der Waals surface area contributed by atoms with Crippen molar-refractivity contribution in [3.8, 4) is 22.3 Å². The zero-order valence-electron chi connectivity index (χ0n) is 41.4. The van der Waals surface area contributed by atoms with Gasteiger partial charge < -0.3 is 40.4 Å². The lowest BCUT2D eigenvalue weighted by atomic mass is 9.93. The van der Waals surface area contributed by atoms with Crippen LogP contribution in [0.2, 0.25) is 20.1 Å². The first-order chi connectivity index (χ1) is 36.2. The zero-order valence-corrected chi connectivity index (χ0v) is 45.3. The standard InChI is InChI=1S/C56H60Cl4N6O8S/c57-51-39(19-21-47(67)61-23-9-29-63-25-7-17-49(63)69)41(37-13-1-3-15-43(37)65-27-5-11-35(33-65)55(71)72)31-45(53(51)59)75-46-32-42(38-14-2-4-16-44(38)66-28-6-12-36(34-66)56(73)74)40(52(58)54(46)60)20-22-48(68)62-24-10-30-64-26-8-18-50(64)70/h1-4,13-16,19-22,31-32,35-36H,5-12,17-18,23-30,33-34H2,(H,61,67)(H,62,68)(H,71,72)(H,73,74). The first-order valence-electron chi connectivity index (χ1n) is 25.5. The van der Waals surface area contributed by atoms with Gasteiger partial charge in [-0.1, -0.05) is 94.6 Å². The lowest BCUT2D eigenvalue weighted by molar-refractivity contribution is -0.142. The molecule has 2 atom stereocenters. The minimum absolute atomic E-state index is 0.123. The molecule has 4 fully saturated rings. The first kappa shape index (κ1) is 55.5. The van der Waals surface area contributed by atoms with Gasteiger partial charge in [-0.05, 0) is 98.9 Å². The van der Waals surface area contributed by atoms with Gasteiger partial charge in [0, 0.05) is 134 Å². The Hall–Kier alpha value is -5.71. The van der Waals surface area contributed by atoms with Crippen LogP contribution in [0.5, 0.6) is 0 Å². The van der Waals surface area contributed by atoms with Gasteiger partial charge in [-0.2, -0.15) is 0 Å². The summed E-state index contributed by atoms with van der Waals surface area (Å²) in [5.74, 6) is -3.35. The summed E-state index contributed by atoms with van der Waals surface area (Å²) in [5, 5.41) is 26.5. The lowest BCUT2D eigenvalue weighted by Crippen LogP contribution is -2.38. The Morgan fingerprint density at radius 2 is 0.987 bits per heavy atom.